The highest BCUT2D eigenvalue weighted by Crippen LogP contribution is 1.98. The average Bonchev–Trinajstić information content (AvgIpc) is 3.20. The Labute approximate surface area is 135 Å². The van der Waals surface area contributed by atoms with Crippen molar-refractivity contribution in [3.8, 4) is 0 Å². The van der Waals surface area contributed by atoms with E-state index >= 15 is 0 Å². The van der Waals surface area contributed by atoms with Crippen LogP contribution in [0.4, 0.5) is 9.59 Å². The van der Waals surface area contributed by atoms with E-state index in [1.807, 2.05) is 9.80 Å². The maximum atomic E-state index is 11.4. The van der Waals surface area contributed by atoms with E-state index in [-0.39, 0.29) is 13.2 Å². The number of amides is 2. The molecule has 2 aliphatic rings. The van der Waals surface area contributed by atoms with Gasteiger partial charge in [0.1, 0.15) is 13.2 Å². The molecule has 0 aromatic heterocycles. The minimum Gasteiger partial charge on any atom is -0.449 e. The highest BCUT2D eigenvalue weighted by atomic mass is 16.6. The largest absolute Gasteiger partial charge is 0.449 e. The van der Waals surface area contributed by atoms with E-state index in [0.717, 1.165) is 20.6 Å². The van der Waals surface area contributed by atoms with Crippen LogP contribution in [0, 0.1) is 0 Å². The number of carbonyl (C=O) groups is 2. The predicted molar refractivity (Wildman–Crippen MR) is 79.5 cm³/mol. The van der Waals surface area contributed by atoms with Crippen molar-refractivity contribution >= 4 is 19.7 Å². The van der Waals surface area contributed by atoms with Gasteiger partial charge >= 0.3 is 19.7 Å². The Hall–Kier alpha value is -1.56. The van der Waals surface area contributed by atoms with Gasteiger partial charge in [-0.3, -0.25) is 9.80 Å². The number of ether oxygens (including phenoxy) is 4. The van der Waals surface area contributed by atoms with Gasteiger partial charge in [-0.1, -0.05) is 0 Å². The molecule has 0 unspecified atom stereocenters. The molecule has 2 rings (SSSR count). The second kappa shape index (κ2) is 10.3. The summed E-state index contributed by atoms with van der Waals surface area (Å²) in [6.07, 6.45) is -1.28. The lowest BCUT2D eigenvalue weighted by atomic mass is 10.2. The Morgan fingerprint density at radius 2 is 1.39 bits per heavy atom. The van der Waals surface area contributed by atoms with E-state index in [0.29, 0.717) is 39.8 Å². The van der Waals surface area contributed by atoms with E-state index in [1.165, 1.54) is 0 Å². The van der Waals surface area contributed by atoms with Crippen molar-refractivity contribution in [2.75, 3.05) is 66.1 Å². The fourth-order valence-electron chi connectivity index (χ4n) is 2.03. The average molecular weight is 329 g/mol. The molecule has 2 saturated heterocycles. The smallest absolute Gasteiger partial charge is 0.396 e. The van der Waals surface area contributed by atoms with Gasteiger partial charge in [-0.15, -0.1) is 0 Å². The summed E-state index contributed by atoms with van der Waals surface area (Å²) in [4.78, 5) is 26.8. The van der Waals surface area contributed by atoms with Crippen LogP contribution in [-0.2, 0) is 18.9 Å². The fraction of sp³-hybridized carbons (Fsp3) is 0.833. The number of nitrogens with one attached hydrogen (secondary N) is 2. The van der Waals surface area contributed by atoms with Crippen molar-refractivity contribution in [3.63, 3.8) is 0 Å². The zero-order chi connectivity index (χ0) is 16.3. The van der Waals surface area contributed by atoms with Crippen LogP contribution in [0.2, 0.25) is 0 Å². The van der Waals surface area contributed by atoms with Crippen LogP contribution in [0.3, 0.4) is 0 Å². The number of rotatable bonds is 8. The van der Waals surface area contributed by atoms with E-state index in [2.05, 4.69) is 10.5 Å². The third-order valence-electron chi connectivity index (χ3n) is 3.31. The summed E-state index contributed by atoms with van der Waals surface area (Å²) in [5.41, 5.74) is 0. The van der Waals surface area contributed by atoms with Crippen molar-refractivity contribution in [2.24, 2.45) is 0 Å². The first-order valence-corrected chi connectivity index (χ1v) is 7.52. The molecule has 129 valence electrons. The van der Waals surface area contributed by atoms with Gasteiger partial charge in [0.05, 0.1) is 26.7 Å². The maximum Gasteiger partial charge on any atom is 0.396 e. The second-order valence-electron chi connectivity index (χ2n) is 5.02. The molecule has 2 aliphatic heterocycles. The Kier molecular flexibility index (Phi) is 7.94. The summed E-state index contributed by atoms with van der Waals surface area (Å²) in [6, 6.07) is 0. The summed E-state index contributed by atoms with van der Waals surface area (Å²) in [7, 11) is 1.09. The highest BCUT2D eigenvalue weighted by molar-refractivity contribution is 6.37. The van der Waals surface area contributed by atoms with Crippen molar-refractivity contribution in [1.29, 1.82) is 0 Å². The molecule has 0 aromatic carbocycles. The highest BCUT2D eigenvalue weighted by Gasteiger charge is 2.14. The summed E-state index contributed by atoms with van der Waals surface area (Å²) in [6.45, 7) is 5.96. The summed E-state index contributed by atoms with van der Waals surface area (Å²) in [5, 5.41) is 4.58. The van der Waals surface area contributed by atoms with Crippen LogP contribution in [0.1, 0.15) is 0 Å². The molecule has 2 fully saturated rings. The van der Waals surface area contributed by atoms with Gasteiger partial charge in [-0.25, -0.2) is 9.59 Å². The van der Waals surface area contributed by atoms with Crippen molar-refractivity contribution < 1.29 is 28.5 Å². The molecule has 2 N–H and O–H groups in total. The molecule has 0 aromatic rings. The standard InChI is InChI=1S/C12H22BN4O6/c18-11(22-7-3-16-1-5-20-9-16)14-13-15-12(19)23-8-4-17-2-6-21-10-17/h1-10H2,(H,14,18)(H,15,19). The van der Waals surface area contributed by atoms with Gasteiger partial charge in [0, 0.05) is 26.2 Å². The van der Waals surface area contributed by atoms with Crippen LogP contribution < -0.4 is 10.5 Å². The van der Waals surface area contributed by atoms with Crippen molar-refractivity contribution in [3.05, 3.63) is 0 Å². The summed E-state index contributed by atoms with van der Waals surface area (Å²) >= 11 is 0. The zero-order valence-corrected chi connectivity index (χ0v) is 13.0. The molecule has 0 bridgehead atoms. The van der Waals surface area contributed by atoms with Crippen molar-refractivity contribution in [1.82, 2.24) is 20.3 Å². The fourth-order valence-corrected chi connectivity index (χ4v) is 2.03. The van der Waals surface area contributed by atoms with E-state index in [9.17, 15) is 9.59 Å². The van der Waals surface area contributed by atoms with E-state index < -0.39 is 12.2 Å². The number of hydrogen-bond acceptors (Lipinski definition) is 8. The quantitative estimate of drug-likeness (QED) is 0.522. The Morgan fingerprint density at radius 3 is 1.78 bits per heavy atom. The topological polar surface area (TPSA) is 102 Å². The monoisotopic (exact) mass is 329 g/mol. The van der Waals surface area contributed by atoms with Gasteiger partial charge in [0.2, 0.25) is 0 Å². The molecular weight excluding hydrogens is 307 g/mol. The summed E-state index contributed by atoms with van der Waals surface area (Å²) < 4.78 is 20.2. The Balaban J connectivity index is 1.40. The SMILES string of the molecule is O=C(N[B]NC(=O)OCCN1CCOC1)OCCN1CCOC1. The van der Waals surface area contributed by atoms with Crippen LogP contribution >= 0.6 is 0 Å². The molecule has 0 aliphatic carbocycles. The third kappa shape index (κ3) is 7.50. The van der Waals surface area contributed by atoms with Gasteiger partial charge < -0.3 is 29.4 Å². The minimum absolute atomic E-state index is 0.255. The zero-order valence-electron chi connectivity index (χ0n) is 13.0. The molecule has 11 heteroatoms. The molecule has 10 nitrogen and oxygen atoms in total. The number of carbonyl (C=O) groups excluding carboxylic acids is 2. The van der Waals surface area contributed by atoms with Gasteiger partial charge in [-0.05, 0) is 0 Å². The molecule has 0 saturated carbocycles. The molecule has 0 atom stereocenters. The number of nitrogens with zero attached hydrogens (tertiary/aromatic N) is 2. The second-order valence-corrected chi connectivity index (χ2v) is 5.02. The first-order chi connectivity index (χ1) is 11.2. The van der Waals surface area contributed by atoms with Gasteiger partial charge in [-0.2, -0.15) is 0 Å². The van der Waals surface area contributed by atoms with Crippen molar-refractivity contribution in [2.45, 2.75) is 0 Å². The van der Waals surface area contributed by atoms with Gasteiger partial charge in [0.15, 0.2) is 0 Å². The Morgan fingerprint density at radius 1 is 0.913 bits per heavy atom. The lowest BCUT2D eigenvalue weighted by molar-refractivity contribution is 0.108. The van der Waals surface area contributed by atoms with Crippen LogP contribution in [0.15, 0.2) is 0 Å². The normalized spacial score (nSPS) is 18.6. The predicted octanol–water partition coefficient (Wildman–Crippen LogP) is -1.45. The van der Waals surface area contributed by atoms with E-state index in [1.54, 1.807) is 0 Å². The first-order valence-electron chi connectivity index (χ1n) is 7.52. The molecular formula is C12H22BN4O6. The van der Waals surface area contributed by atoms with Crippen LogP contribution in [-0.4, -0.2) is 95.6 Å². The first kappa shape index (κ1) is 17.8. The van der Waals surface area contributed by atoms with Crippen LogP contribution in [0.25, 0.3) is 0 Å². The molecule has 0 spiro atoms. The molecule has 2 amide bonds. The van der Waals surface area contributed by atoms with Crippen LogP contribution in [0.5, 0.6) is 0 Å². The third-order valence-corrected chi connectivity index (χ3v) is 3.31. The lowest BCUT2D eigenvalue weighted by Crippen LogP contribution is -2.42. The number of hydrogen-bond donors (Lipinski definition) is 2. The molecule has 1 radical (unpaired) electrons. The lowest BCUT2D eigenvalue weighted by Gasteiger charge is -2.13. The molecule has 23 heavy (non-hydrogen) atoms. The minimum atomic E-state index is -0.639. The Bertz CT molecular complexity index is 343. The van der Waals surface area contributed by atoms with Gasteiger partial charge in [0.25, 0.3) is 0 Å². The molecule has 2 heterocycles. The summed E-state index contributed by atoms with van der Waals surface area (Å²) in [5.74, 6) is 0. The van der Waals surface area contributed by atoms with E-state index in [4.69, 9.17) is 18.9 Å². The maximum absolute atomic E-state index is 11.4.